The minimum Gasteiger partial charge on any atom is -0.347 e. The van der Waals surface area contributed by atoms with Crippen LogP contribution in [0, 0.1) is 17.8 Å². The summed E-state index contributed by atoms with van der Waals surface area (Å²) >= 11 is 3.09. The highest BCUT2D eigenvalue weighted by Gasteiger charge is 2.68. The van der Waals surface area contributed by atoms with E-state index in [4.69, 9.17) is 0 Å². The highest BCUT2D eigenvalue weighted by molar-refractivity contribution is 8.22. The zero-order chi connectivity index (χ0) is 27.2. The third-order valence-electron chi connectivity index (χ3n) is 7.65. The van der Waals surface area contributed by atoms with Crippen molar-refractivity contribution in [3.05, 3.63) is 0 Å². The van der Waals surface area contributed by atoms with Crippen molar-refractivity contribution in [3.63, 3.8) is 0 Å². The first-order valence-corrected chi connectivity index (χ1v) is 15.1. The summed E-state index contributed by atoms with van der Waals surface area (Å²) in [6.07, 6.45) is 2.18. The van der Waals surface area contributed by atoms with E-state index in [1.54, 1.807) is 42.5 Å². The topological polar surface area (TPSA) is 119 Å². The lowest BCUT2D eigenvalue weighted by molar-refractivity contribution is -0.145. The lowest BCUT2D eigenvalue weighted by Gasteiger charge is -2.36. The van der Waals surface area contributed by atoms with Crippen LogP contribution in [0.5, 0.6) is 0 Å². The van der Waals surface area contributed by atoms with Gasteiger partial charge in [0, 0.05) is 38.1 Å². The summed E-state index contributed by atoms with van der Waals surface area (Å²) in [6, 6.07) is -2.88. The van der Waals surface area contributed by atoms with Crippen LogP contribution in [-0.4, -0.2) is 105 Å². The van der Waals surface area contributed by atoms with Crippen molar-refractivity contribution >= 4 is 53.2 Å². The summed E-state index contributed by atoms with van der Waals surface area (Å²) in [7, 11) is 3.27. The average molecular weight is 554 g/mol. The molecule has 12 heteroatoms. The van der Waals surface area contributed by atoms with Crippen LogP contribution in [0.25, 0.3) is 0 Å². The zero-order valence-corrected chi connectivity index (χ0v) is 24.1. The number of carbonyl (C=O) groups is 5. The fourth-order valence-corrected chi connectivity index (χ4v) is 8.98. The van der Waals surface area contributed by atoms with Crippen LogP contribution in [0.15, 0.2) is 0 Å². The number of thioether (sulfide) groups is 2. The molecule has 4 aliphatic rings. The van der Waals surface area contributed by atoms with Gasteiger partial charge in [0.1, 0.15) is 12.1 Å². The molecular weight excluding hydrogens is 514 g/mol. The summed E-state index contributed by atoms with van der Waals surface area (Å²) in [4.78, 5) is 71.0. The van der Waals surface area contributed by atoms with Crippen LogP contribution in [0.1, 0.15) is 47.0 Å². The fourth-order valence-electron chi connectivity index (χ4n) is 5.52. The van der Waals surface area contributed by atoms with Crippen LogP contribution in [-0.2, 0) is 19.2 Å². The van der Waals surface area contributed by atoms with Gasteiger partial charge < -0.3 is 20.4 Å². The number of fused-ring (bicyclic) bond motifs is 2. The number of likely N-dealkylation sites (tertiary alicyclic amines) is 2. The molecule has 0 aromatic rings. The normalized spacial score (nSPS) is 26.0. The molecule has 0 aromatic heterocycles. The number of nitrogens with zero attached hydrogens (tertiary/aromatic N) is 3. The van der Waals surface area contributed by atoms with E-state index in [0.29, 0.717) is 13.0 Å². The van der Waals surface area contributed by atoms with Gasteiger partial charge in [0.2, 0.25) is 17.7 Å². The number of nitrogens with one attached hydrogen (secondary N) is 2. The van der Waals surface area contributed by atoms with Crippen LogP contribution in [0.4, 0.5) is 4.79 Å². The molecule has 3 heterocycles. The van der Waals surface area contributed by atoms with Crippen molar-refractivity contribution in [1.29, 1.82) is 0 Å². The molecule has 4 atom stereocenters. The Bertz CT molecular complexity index is 963. The second kappa shape index (κ2) is 10.7. The Morgan fingerprint density at radius 3 is 2.03 bits per heavy atom. The maximum Gasteiger partial charge on any atom is 0.316 e. The highest BCUT2D eigenvalue weighted by atomic mass is 32.2. The molecule has 0 aromatic carbocycles. The number of amides is 6. The van der Waals surface area contributed by atoms with Crippen LogP contribution < -0.4 is 10.6 Å². The largest absolute Gasteiger partial charge is 0.347 e. The number of rotatable bonds is 7. The molecule has 3 saturated heterocycles. The molecule has 4 rings (SSSR count). The SMILES string of the molecule is CC(C)[C@H](NC(=O)N[C@H](C(=O)N1CC[C@H]2[C@H]1C1(SCCS1)C(=O)N2C(=O)C1CC1)C(C)C)C(=O)N(C)C. The second-order valence-electron chi connectivity index (χ2n) is 11.3. The first kappa shape index (κ1) is 28.1. The fraction of sp³-hybridized carbons (Fsp3) is 0.800. The summed E-state index contributed by atoms with van der Waals surface area (Å²) in [5.74, 6) is 0.412. The predicted molar refractivity (Wildman–Crippen MR) is 144 cm³/mol. The number of carbonyl (C=O) groups excluding carboxylic acids is 5. The van der Waals surface area contributed by atoms with Gasteiger partial charge in [-0.25, -0.2) is 4.79 Å². The molecule has 1 aliphatic carbocycles. The standard InChI is InChI=1S/C25H39N5O5S2/c1-13(2)17(21(32)28(5)6)26-24(35)27-18(14(3)4)22(33)29-10-9-16-19(29)25(36-11-12-37-25)23(34)30(16)20(31)15-7-8-15/h13-19H,7-12H2,1-6H3,(H2,26,27,35)/t16-,17-,18-,19-/m0/s1. The third kappa shape index (κ3) is 5.07. The van der Waals surface area contributed by atoms with Gasteiger partial charge in [-0.15, -0.1) is 23.5 Å². The lowest BCUT2D eigenvalue weighted by Crippen LogP contribution is -2.60. The Hall–Kier alpha value is -1.95. The Morgan fingerprint density at radius 2 is 1.51 bits per heavy atom. The van der Waals surface area contributed by atoms with Crippen molar-refractivity contribution in [1.82, 2.24) is 25.3 Å². The Kier molecular flexibility index (Phi) is 8.09. The van der Waals surface area contributed by atoms with Gasteiger partial charge >= 0.3 is 6.03 Å². The molecule has 3 aliphatic heterocycles. The molecule has 6 amide bonds. The minimum absolute atomic E-state index is 0.0755. The Balaban J connectivity index is 1.54. The van der Waals surface area contributed by atoms with Gasteiger partial charge in [-0.3, -0.25) is 24.1 Å². The van der Waals surface area contributed by atoms with Crippen LogP contribution in [0.2, 0.25) is 0 Å². The van der Waals surface area contributed by atoms with E-state index in [1.165, 1.54) is 9.80 Å². The maximum absolute atomic E-state index is 14.0. The molecule has 1 saturated carbocycles. The quantitative estimate of drug-likeness (QED) is 0.457. The number of likely N-dealkylation sites (N-methyl/N-ethyl adjacent to an activating group) is 1. The molecule has 4 fully saturated rings. The number of hydrogen-bond donors (Lipinski definition) is 2. The van der Waals surface area contributed by atoms with Gasteiger partial charge in [0.05, 0.1) is 12.1 Å². The van der Waals surface area contributed by atoms with Crippen molar-refractivity contribution in [2.24, 2.45) is 17.8 Å². The maximum atomic E-state index is 14.0. The Morgan fingerprint density at radius 1 is 0.946 bits per heavy atom. The van der Waals surface area contributed by atoms with E-state index in [-0.39, 0.29) is 47.4 Å². The molecule has 0 bridgehead atoms. The molecule has 0 unspecified atom stereocenters. The smallest absolute Gasteiger partial charge is 0.316 e. The Labute approximate surface area is 227 Å². The van der Waals surface area contributed by atoms with E-state index < -0.39 is 28.2 Å². The van der Waals surface area contributed by atoms with Crippen LogP contribution in [0.3, 0.4) is 0 Å². The van der Waals surface area contributed by atoms with Crippen molar-refractivity contribution in [2.45, 2.75) is 75.2 Å². The molecular formula is C25H39N5O5S2. The van der Waals surface area contributed by atoms with Crippen molar-refractivity contribution in [2.75, 3.05) is 32.1 Å². The van der Waals surface area contributed by atoms with Gasteiger partial charge in [-0.05, 0) is 31.1 Å². The van der Waals surface area contributed by atoms with Gasteiger partial charge in [0.25, 0.3) is 5.91 Å². The summed E-state index contributed by atoms with van der Waals surface area (Å²) in [5.41, 5.74) is 0. The number of urea groups is 1. The van der Waals surface area contributed by atoms with Crippen LogP contribution >= 0.6 is 23.5 Å². The molecule has 0 radical (unpaired) electrons. The minimum atomic E-state index is -0.869. The van der Waals surface area contributed by atoms with E-state index in [2.05, 4.69) is 10.6 Å². The molecule has 206 valence electrons. The summed E-state index contributed by atoms with van der Waals surface area (Å²) < 4.78 is -0.869. The van der Waals surface area contributed by atoms with E-state index in [1.807, 2.05) is 27.7 Å². The second-order valence-corrected chi connectivity index (χ2v) is 14.2. The predicted octanol–water partition coefficient (Wildman–Crippen LogP) is 1.35. The van der Waals surface area contributed by atoms with Gasteiger partial charge in [0.15, 0.2) is 4.08 Å². The van der Waals surface area contributed by atoms with E-state index in [0.717, 1.165) is 24.3 Å². The van der Waals surface area contributed by atoms with Crippen molar-refractivity contribution in [3.8, 4) is 0 Å². The molecule has 1 spiro atoms. The third-order valence-corrected chi connectivity index (χ3v) is 11.1. The molecule has 2 N–H and O–H groups in total. The lowest BCUT2D eigenvalue weighted by atomic mass is 10.0. The number of hydrogen-bond acceptors (Lipinski definition) is 7. The van der Waals surface area contributed by atoms with Gasteiger partial charge in [-0.1, -0.05) is 27.7 Å². The van der Waals surface area contributed by atoms with Gasteiger partial charge in [-0.2, -0.15) is 0 Å². The summed E-state index contributed by atoms with van der Waals surface area (Å²) in [5, 5.41) is 5.56. The first-order chi connectivity index (χ1) is 17.4. The first-order valence-electron chi connectivity index (χ1n) is 13.1. The zero-order valence-electron chi connectivity index (χ0n) is 22.5. The number of imide groups is 1. The highest BCUT2D eigenvalue weighted by Crippen LogP contribution is 2.57. The van der Waals surface area contributed by atoms with E-state index in [9.17, 15) is 24.0 Å². The monoisotopic (exact) mass is 553 g/mol. The molecule has 37 heavy (non-hydrogen) atoms. The average Bonchev–Trinajstić information content (AvgIpc) is 3.32. The summed E-state index contributed by atoms with van der Waals surface area (Å²) in [6.45, 7) is 7.85. The van der Waals surface area contributed by atoms with E-state index >= 15 is 0 Å². The molecule has 10 nitrogen and oxygen atoms in total. The van der Waals surface area contributed by atoms with Crippen molar-refractivity contribution < 1.29 is 24.0 Å².